The number of thioether (sulfide) groups is 1. The SMILES string of the molecule is CC(C)C[C@H](NC(=O)OCc1ccccc1)C(=O)N1CSC[C@H]1C(=O)N[C@@H](Cc1ccccc1)C(=O)C(=O)O. The molecule has 0 unspecified atom stereocenters. The van der Waals surface area contributed by atoms with Crippen LogP contribution >= 0.6 is 11.8 Å². The maximum atomic E-state index is 13.5. The predicted octanol–water partition coefficient (Wildman–Crippen LogP) is 2.61. The summed E-state index contributed by atoms with van der Waals surface area (Å²) in [5.41, 5.74) is 1.48. The van der Waals surface area contributed by atoms with Crippen molar-refractivity contribution in [2.75, 3.05) is 11.6 Å². The van der Waals surface area contributed by atoms with Crippen LogP contribution < -0.4 is 10.6 Å². The summed E-state index contributed by atoms with van der Waals surface area (Å²) in [5, 5.41) is 14.5. The van der Waals surface area contributed by atoms with Crippen molar-refractivity contribution in [1.82, 2.24) is 15.5 Å². The van der Waals surface area contributed by atoms with Crippen molar-refractivity contribution in [3.8, 4) is 0 Å². The van der Waals surface area contributed by atoms with Gasteiger partial charge in [-0.15, -0.1) is 11.8 Å². The zero-order valence-corrected chi connectivity index (χ0v) is 22.7. The molecule has 39 heavy (non-hydrogen) atoms. The number of nitrogens with one attached hydrogen (secondary N) is 2. The average molecular weight is 556 g/mol. The van der Waals surface area contributed by atoms with Gasteiger partial charge < -0.3 is 25.4 Å². The Kier molecular flexibility index (Phi) is 10.9. The van der Waals surface area contributed by atoms with E-state index in [2.05, 4.69) is 10.6 Å². The number of rotatable bonds is 12. The lowest BCUT2D eigenvalue weighted by Crippen LogP contribution is -2.57. The van der Waals surface area contributed by atoms with Crippen LogP contribution in [-0.2, 0) is 36.9 Å². The summed E-state index contributed by atoms with van der Waals surface area (Å²) in [7, 11) is 0. The number of amides is 3. The number of hydrogen-bond donors (Lipinski definition) is 3. The van der Waals surface area contributed by atoms with E-state index in [9.17, 15) is 29.1 Å². The van der Waals surface area contributed by atoms with Gasteiger partial charge in [-0.3, -0.25) is 14.4 Å². The van der Waals surface area contributed by atoms with Gasteiger partial charge in [0.25, 0.3) is 5.78 Å². The molecule has 3 rings (SSSR count). The number of Topliss-reactive ketones (excluding diaryl/α,β-unsaturated/α-hetero) is 1. The number of nitrogens with zero attached hydrogens (tertiary/aromatic N) is 1. The molecule has 10 nitrogen and oxygen atoms in total. The molecule has 1 heterocycles. The number of carboxylic acids is 1. The van der Waals surface area contributed by atoms with Crippen LogP contribution in [0.1, 0.15) is 31.4 Å². The Bertz CT molecular complexity index is 1160. The Morgan fingerprint density at radius 2 is 1.56 bits per heavy atom. The van der Waals surface area contributed by atoms with Gasteiger partial charge in [-0.25, -0.2) is 9.59 Å². The highest BCUT2D eigenvalue weighted by Gasteiger charge is 2.40. The van der Waals surface area contributed by atoms with E-state index < -0.39 is 47.8 Å². The summed E-state index contributed by atoms with van der Waals surface area (Å²) in [5.74, 6) is -3.34. The van der Waals surface area contributed by atoms with Crippen LogP contribution in [0.2, 0.25) is 0 Å². The van der Waals surface area contributed by atoms with Gasteiger partial charge in [-0.2, -0.15) is 0 Å². The van der Waals surface area contributed by atoms with Gasteiger partial charge in [0.2, 0.25) is 11.8 Å². The normalized spacial score (nSPS) is 16.3. The van der Waals surface area contributed by atoms with Crippen LogP contribution in [0.5, 0.6) is 0 Å². The van der Waals surface area contributed by atoms with Gasteiger partial charge in [-0.05, 0) is 23.5 Å². The van der Waals surface area contributed by atoms with Crippen molar-refractivity contribution in [1.29, 1.82) is 0 Å². The Hall–Kier alpha value is -3.86. The molecule has 0 saturated carbocycles. The van der Waals surface area contributed by atoms with Gasteiger partial charge in [0.1, 0.15) is 24.7 Å². The van der Waals surface area contributed by atoms with Crippen molar-refractivity contribution < 1.29 is 33.8 Å². The second kappa shape index (κ2) is 14.3. The number of alkyl carbamates (subject to hydrolysis) is 1. The van der Waals surface area contributed by atoms with Crippen molar-refractivity contribution in [3.05, 3.63) is 71.8 Å². The van der Waals surface area contributed by atoms with Crippen LogP contribution in [0.3, 0.4) is 0 Å². The molecule has 0 aliphatic carbocycles. The van der Waals surface area contributed by atoms with Crippen LogP contribution in [0, 0.1) is 5.92 Å². The van der Waals surface area contributed by atoms with E-state index in [4.69, 9.17) is 4.74 Å². The number of aliphatic carboxylic acids is 1. The minimum absolute atomic E-state index is 0.00366. The zero-order valence-electron chi connectivity index (χ0n) is 21.9. The summed E-state index contributed by atoms with van der Waals surface area (Å²) in [6.45, 7) is 3.86. The third-order valence-electron chi connectivity index (χ3n) is 6.10. The lowest BCUT2D eigenvalue weighted by atomic mass is 10.0. The van der Waals surface area contributed by atoms with Crippen LogP contribution in [0.15, 0.2) is 60.7 Å². The molecule has 1 saturated heterocycles. The van der Waals surface area contributed by atoms with E-state index >= 15 is 0 Å². The fourth-order valence-electron chi connectivity index (χ4n) is 4.15. The molecule has 3 atom stereocenters. The summed E-state index contributed by atoms with van der Waals surface area (Å²) in [6.07, 6.45) is -0.431. The fourth-order valence-corrected chi connectivity index (χ4v) is 5.32. The quantitative estimate of drug-likeness (QED) is 0.339. The smallest absolute Gasteiger partial charge is 0.408 e. The molecule has 11 heteroatoms. The van der Waals surface area contributed by atoms with Crippen molar-refractivity contribution >= 4 is 41.4 Å². The Morgan fingerprint density at radius 1 is 0.949 bits per heavy atom. The third-order valence-corrected chi connectivity index (χ3v) is 7.12. The number of carbonyl (C=O) groups is 5. The molecule has 3 N–H and O–H groups in total. The van der Waals surface area contributed by atoms with Crippen molar-refractivity contribution in [2.45, 2.75) is 51.4 Å². The standard InChI is InChI=1S/C28H33N3O7S/c1-18(2)13-22(30-28(37)38-15-20-11-7-4-8-12-20)26(34)31-17-39-16-23(31)25(33)29-21(24(32)27(35)36)14-19-9-5-3-6-10-19/h3-12,18,21-23H,13-17H2,1-2H3,(H,29,33)(H,30,37)(H,35,36)/t21-,22-,23-/m0/s1. The Labute approximate surface area is 231 Å². The predicted molar refractivity (Wildman–Crippen MR) is 146 cm³/mol. The van der Waals surface area contributed by atoms with Gasteiger partial charge in [0, 0.05) is 12.2 Å². The second-order valence-electron chi connectivity index (χ2n) is 9.63. The second-order valence-corrected chi connectivity index (χ2v) is 10.6. The maximum absolute atomic E-state index is 13.5. The van der Waals surface area contributed by atoms with Crippen LogP contribution in [0.25, 0.3) is 0 Å². The number of benzene rings is 2. The van der Waals surface area contributed by atoms with Gasteiger partial charge in [0.05, 0.1) is 5.88 Å². The van der Waals surface area contributed by atoms with Gasteiger partial charge in [-0.1, -0.05) is 74.5 Å². The molecular weight excluding hydrogens is 522 g/mol. The first-order valence-corrected chi connectivity index (χ1v) is 13.8. The first-order chi connectivity index (χ1) is 18.7. The van der Waals surface area contributed by atoms with E-state index in [1.165, 1.54) is 16.7 Å². The summed E-state index contributed by atoms with van der Waals surface area (Å²) in [4.78, 5) is 64.4. The molecule has 1 aliphatic heterocycles. The molecule has 2 aromatic rings. The molecule has 0 radical (unpaired) electrons. The first-order valence-electron chi connectivity index (χ1n) is 12.6. The Balaban J connectivity index is 1.68. The van der Waals surface area contributed by atoms with Gasteiger partial charge in [0.15, 0.2) is 0 Å². The number of ether oxygens (including phenoxy) is 1. The molecule has 1 aliphatic rings. The van der Waals surface area contributed by atoms with E-state index in [1.807, 2.05) is 44.2 Å². The van der Waals surface area contributed by atoms with E-state index in [1.54, 1.807) is 30.3 Å². The average Bonchev–Trinajstić information content (AvgIpc) is 3.41. The fraction of sp³-hybridized carbons (Fsp3) is 0.393. The number of ketones is 1. The monoisotopic (exact) mass is 555 g/mol. The highest BCUT2D eigenvalue weighted by molar-refractivity contribution is 7.99. The number of carbonyl (C=O) groups excluding carboxylic acids is 4. The minimum atomic E-state index is -1.65. The highest BCUT2D eigenvalue weighted by atomic mass is 32.2. The minimum Gasteiger partial charge on any atom is -0.475 e. The highest BCUT2D eigenvalue weighted by Crippen LogP contribution is 2.24. The van der Waals surface area contributed by atoms with Crippen LogP contribution in [0.4, 0.5) is 4.79 Å². The lowest BCUT2D eigenvalue weighted by molar-refractivity contribution is -0.150. The van der Waals surface area contributed by atoms with E-state index in [0.29, 0.717) is 12.0 Å². The Morgan fingerprint density at radius 3 is 2.15 bits per heavy atom. The summed E-state index contributed by atoms with van der Waals surface area (Å²) < 4.78 is 5.29. The largest absolute Gasteiger partial charge is 0.475 e. The molecule has 208 valence electrons. The first kappa shape index (κ1) is 29.7. The lowest BCUT2D eigenvalue weighted by Gasteiger charge is -2.29. The van der Waals surface area contributed by atoms with Crippen molar-refractivity contribution in [3.63, 3.8) is 0 Å². The number of carboxylic acid groups (broad SMARTS) is 1. The number of hydrogen-bond acceptors (Lipinski definition) is 7. The van der Waals surface area contributed by atoms with E-state index in [0.717, 1.165) is 5.56 Å². The molecule has 0 spiro atoms. The topological polar surface area (TPSA) is 142 Å². The molecular formula is C28H33N3O7S. The molecule has 0 aromatic heterocycles. The third kappa shape index (κ3) is 8.85. The molecule has 2 aromatic carbocycles. The molecule has 0 bridgehead atoms. The maximum Gasteiger partial charge on any atom is 0.408 e. The van der Waals surface area contributed by atoms with E-state index in [-0.39, 0.29) is 30.6 Å². The summed E-state index contributed by atoms with van der Waals surface area (Å²) in [6, 6.07) is 14.7. The van der Waals surface area contributed by atoms with Crippen LogP contribution in [-0.4, -0.2) is 69.4 Å². The summed E-state index contributed by atoms with van der Waals surface area (Å²) >= 11 is 1.35. The molecule has 3 amide bonds. The van der Waals surface area contributed by atoms with Crippen molar-refractivity contribution in [2.24, 2.45) is 5.92 Å². The zero-order chi connectivity index (χ0) is 28.4. The van der Waals surface area contributed by atoms with Gasteiger partial charge >= 0.3 is 12.1 Å². The molecule has 1 fully saturated rings.